The average Bonchev–Trinajstić information content (AvgIpc) is 3.58. The minimum atomic E-state index is -0.664. The Kier molecular flexibility index (Phi) is 35.5. The van der Waals surface area contributed by atoms with Crippen LogP contribution in [0.15, 0.2) is 29.3 Å². The van der Waals surface area contributed by atoms with Gasteiger partial charge in [0.25, 0.3) is 0 Å². The fourth-order valence-electron chi connectivity index (χ4n) is 5.70. The maximum absolute atomic E-state index is 10.3. The van der Waals surface area contributed by atoms with Crippen LogP contribution in [-0.4, -0.2) is 41.8 Å². The van der Waals surface area contributed by atoms with E-state index in [1.54, 1.807) is 0 Å². The quantitative estimate of drug-likeness (QED) is 0.0570. The fourth-order valence-corrected chi connectivity index (χ4v) is 5.70. The van der Waals surface area contributed by atoms with Gasteiger partial charge in [0.15, 0.2) is 5.90 Å². The van der Waals surface area contributed by atoms with E-state index in [4.69, 9.17) is 9.84 Å². The first kappa shape index (κ1) is 43.4. The van der Waals surface area contributed by atoms with Crippen molar-refractivity contribution in [2.75, 3.05) is 19.8 Å². The van der Waals surface area contributed by atoms with Gasteiger partial charge in [-0.25, -0.2) is 0 Å². The molecule has 0 saturated carbocycles. The molecule has 2 N–H and O–H groups in total. The van der Waals surface area contributed by atoms with Crippen LogP contribution in [0.5, 0.6) is 0 Å². The zero-order valence-corrected chi connectivity index (χ0v) is 30.0. The average molecular weight is 634 g/mol. The molecule has 0 radical (unpaired) electrons. The molecule has 0 spiro atoms. The second-order valence-corrected chi connectivity index (χ2v) is 13.0. The smallest absolute Gasteiger partial charge is 0.303 e. The van der Waals surface area contributed by atoms with E-state index in [1.807, 2.05) is 0 Å². The lowest BCUT2D eigenvalue weighted by Crippen LogP contribution is -2.18. The first-order valence-electron chi connectivity index (χ1n) is 19.4. The topological polar surface area (TPSA) is 79.1 Å². The molecule has 264 valence electrons. The van der Waals surface area contributed by atoms with E-state index in [9.17, 15) is 9.90 Å². The number of ether oxygens (including phenoxy) is 1. The summed E-state index contributed by atoms with van der Waals surface area (Å²) in [6, 6.07) is 0. The Bertz CT molecular complexity index is 702. The van der Waals surface area contributed by atoms with Crippen molar-refractivity contribution >= 4 is 11.9 Å². The summed E-state index contributed by atoms with van der Waals surface area (Å²) in [5.41, 5.74) is 0. The third-order valence-electron chi connectivity index (χ3n) is 8.65. The standard InChI is InChI=1S/C22H41NO2.C18H34O2/c1-2-3-4-5-6-7-8-9-10-11-12-13-14-15-16-17-21(20-24)22-23-18-19-25-22;1-2-3-4-5-6-7-8-9-10-11-12-13-14-15-16-17-18(19)20/h9-10,21,24H,2-8,11-20H2,1H3;9-10H,2-8,11-17H2,1H3,(H,19,20)/b2*10-9-. The van der Waals surface area contributed by atoms with Crippen molar-refractivity contribution in [3.8, 4) is 0 Å². The lowest BCUT2D eigenvalue weighted by atomic mass is 10.0. The van der Waals surface area contributed by atoms with E-state index >= 15 is 0 Å². The number of aliphatic imine (C=N–C) groups is 1. The predicted molar refractivity (Wildman–Crippen MR) is 195 cm³/mol. The van der Waals surface area contributed by atoms with Crippen LogP contribution in [0.1, 0.15) is 194 Å². The summed E-state index contributed by atoms with van der Waals surface area (Å²) in [5, 5.41) is 17.9. The van der Waals surface area contributed by atoms with Crippen molar-refractivity contribution in [2.24, 2.45) is 10.9 Å². The van der Waals surface area contributed by atoms with Crippen molar-refractivity contribution in [1.29, 1.82) is 0 Å². The van der Waals surface area contributed by atoms with Gasteiger partial charge < -0.3 is 14.9 Å². The van der Waals surface area contributed by atoms with E-state index in [-0.39, 0.29) is 12.5 Å². The summed E-state index contributed by atoms with van der Waals surface area (Å²) < 4.78 is 5.46. The van der Waals surface area contributed by atoms with Gasteiger partial charge in [-0.1, -0.05) is 147 Å². The Labute approximate surface area is 279 Å². The Morgan fingerprint density at radius 1 is 0.644 bits per heavy atom. The molecule has 1 atom stereocenters. The highest BCUT2D eigenvalue weighted by molar-refractivity contribution is 5.79. The number of rotatable bonds is 32. The summed E-state index contributed by atoms with van der Waals surface area (Å²) in [4.78, 5) is 14.6. The maximum atomic E-state index is 10.3. The Balaban J connectivity index is 0.000000884. The number of nitrogens with zero attached hydrogens (tertiary/aromatic N) is 1. The number of aliphatic hydroxyl groups excluding tert-OH is 1. The number of unbranched alkanes of at least 4 members (excludes halogenated alkanes) is 22. The van der Waals surface area contributed by atoms with Crippen molar-refractivity contribution in [3.05, 3.63) is 24.3 Å². The van der Waals surface area contributed by atoms with Crippen molar-refractivity contribution < 1.29 is 19.7 Å². The van der Waals surface area contributed by atoms with Gasteiger partial charge in [0.1, 0.15) is 6.61 Å². The van der Waals surface area contributed by atoms with Crippen LogP contribution in [0.25, 0.3) is 0 Å². The van der Waals surface area contributed by atoms with Crippen LogP contribution in [-0.2, 0) is 9.53 Å². The first-order valence-corrected chi connectivity index (χ1v) is 19.4. The number of aliphatic carboxylic acids is 1. The van der Waals surface area contributed by atoms with Gasteiger partial charge in [0.2, 0.25) is 0 Å². The maximum Gasteiger partial charge on any atom is 0.303 e. The number of aliphatic hydroxyl groups is 1. The van der Waals surface area contributed by atoms with Crippen LogP contribution in [0.4, 0.5) is 0 Å². The molecule has 0 aliphatic carbocycles. The molecule has 0 fully saturated rings. The molecule has 0 aromatic heterocycles. The largest absolute Gasteiger partial charge is 0.481 e. The van der Waals surface area contributed by atoms with Gasteiger partial charge >= 0.3 is 5.97 Å². The summed E-state index contributed by atoms with van der Waals surface area (Å²) in [7, 11) is 0. The van der Waals surface area contributed by atoms with Crippen LogP contribution in [0.2, 0.25) is 0 Å². The molecule has 5 nitrogen and oxygen atoms in total. The molecule has 0 aromatic rings. The molecule has 1 unspecified atom stereocenters. The molecule has 0 amide bonds. The predicted octanol–water partition coefficient (Wildman–Crippen LogP) is 12.2. The van der Waals surface area contributed by atoms with Gasteiger partial charge in [-0.05, 0) is 64.2 Å². The molecule has 0 aromatic carbocycles. The zero-order chi connectivity index (χ0) is 32.9. The highest BCUT2D eigenvalue weighted by Gasteiger charge is 2.19. The SMILES string of the molecule is CCCCCCCC/C=C\CCCCCCCC(=O)O.CCCCCCCC/C=C\CCCCCCCC(CO)C1=NCCO1. The van der Waals surface area contributed by atoms with Gasteiger partial charge in [-0.15, -0.1) is 0 Å². The van der Waals surface area contributed by atoms with Gasteiger partial charge in [0, 0.05) is 6.42 Å². The molecule has 1 aliphatic rings. The summed E-state index contributed by atoms with van der Waals surface area (Å²) in [6.45, 7) is 6.16. The van der Waals surface area contributed by atoms with Gasteiger partial charge in [-0.2, -0.15) is 0 Å². The van der Waals surface area contributed by atoms with Crippen molar-refractivity contribution in [1.82, 2.24) is 0 Å². The molecule has 0 bridgehead atoms. The minimum Gasteiger partial charge on any atom is -0.481 e. The molecule has 0 saturated heterocycles. The minimum absolute atomic E-state index is 0.132. The Morgan fingerprint density at radius 3 is 1.42 bits per heavy atom. The Morgan fingerprint density at radius 2 is 1.04 bits per heavy atom. The van der Waals surface area contributed by atoms with Crippen LogP contribution < -0.4 is 0 Å². The second kappa shape index (κ2) is 36.8. The van der Waals surface area contributed by atoms with Gasteiger partial charge in [-0.3, -0.25) is 9.79 Å². The van der Waals surface area contributed by atoms with Crippen LogP contribution in [0.3, 0.4) is 0 Å². The van der Waals surface area contributed by atoms with E-state index in [0.717, 1.165) is 31.7 Å². The normalized spacial score (nSPS) is 13.6. The second-order valence-electron chi connectivity index (χ2n) is 13.0. The number of carboxylic acid groups (broad SMARTS) is 1. The number of allylic oxidation sites excluding steroid dienone is 4. The van der Waals surface area contributed by atoms with E-state index in [0.29, 0.717) is 13.0 Å². The number of hydrogen-bond donors (Lipinski definition) is 2. The zero-order valence-electron chi connectivity index (χ0n) is 30.0. The van der Waals surface area contributed by atoms with Crippen molar-refractivity contribution in [2.45, 2.75) is 194 Å². The third kappa shape index (κ3) is 33.6. The van der Waals surface area contributed by atoms with E-state index < -0.39 is 5.97 Å². The van der Waals surface area contributed by atoms with E-state index in [1.165, 1.54) is 154 Å². The highest BCUT2D eigenvalue weighted by atomic mass is 16.5. The lowest BCUT2D eigenvalue weighted by Gasteiger charge is -2.13. The number of carboxylic acids is 1. The summed E-state index contributed by atoms with van der Waals surface area (Å²) >= 11 is 0. The monoisotopic (exact) mass is 634 g/mol. The Hall–Kier alpha value is -1.62. The molecule has 1 rings (SSSR count). The molecular weight excluding hydrogens is 558 g/mol. The fraction of sp³-hybridized carbons (Fsp3) is 0.850. The molecular formula is C40H75NO4. The third-order valence-corrected chi connectivity index (χ3v) is 8.65. The molecule has 1 aliphatic heterocycles. The van der Waals surface area contributed by atoms with Crippen LogP contribution >= 0.6 is 0 Å². The molecule has 45 heavy (non-hydrogen) atoms. The van der Waals surface area contributed by atoms with E-state index in [2.05, 4.69) is 43.1 Å². The number of carbonyl (C=O) groups is 1. The first-order chi connectivity index (χ1) is 22.2. The highest BCUT2D eigenvalue weighted by Crippen LogP contribution is 2.17. The molecule has 5 heteroatoms. The summed E-state index contributed by atoms with van der Waals surface area (Å²) in [6.07, 6.45) is 44.2. The van der Waals surface area contributed by atoms with Gasteiger partial charge in [0.05, 0.1) is 19.1 Å². The molecule has 1 heterocycles. The summed E-state index contributed by atoms with van der Waals surface area (Å²) in [5.74, 6) is 0.257. The number of hydrogen-bond acceptors (Lipinski definition) is 4. The van der Waals surface area contributed by atoms with Crippen LogP contribution in [0, 0.1) is 5.92 Å². The van der Waals surface area contributed by atoms with Crippen molar-refractivity contribution in [3.63, 3.8) is 0 Å². The lowest BCUT2D eigenvalue weighted by molar-refractivity contribution is -0.137.